The van der Waals surface area contributed by atoms with E-state index in [-0.39, 0.29) is 11.5 Å². The van der Waals surface area contributed by atoms with Gasteiger partial charge in [-0.2, -0.15) is 0 Å². The third-order valence-electron chi connectivity index (χ3n) is 3.41. The molecule has 0 radical (unpaired) electrons. The van der Waals surface area contributed by atoms with Crippen molar-refractivity contribution >= 4 is 11.9 Å². The Morgan fingerprint density at radius 1 is 1.17 bits per heavy atom. The summed E-state index contributed by atoms with van der Waals surface area (Å²) in [6.45, 7) is 1.91. The Bertz CT molecular complexity index is 729. The molecule has 6 nitrogen and oxygen atoms in total. The minimum atomic E-state index is -1.05. The molecule has 0 spiro atoms. The van der Waals surface area contributed by atoms with E-state index in [1.165, 1.54) is 12.1 Å². The summed E-state index contributed by atoms with van der Waals surface area (Å²) in [5.74, 6) is -0.328. The molecule has 126 valence electrons. The molecule has 2 aromatic rings. The first kappa shape index (κ1) is 17.3. The van der Waals surface area contributed by atoms with E-state index in [4.69, 9.17) is 14.6 Å². The fourth-order valence-corrected chi connectivity index (χ4v) is 2.14. The molecule has 0 saturated carbocycles. The van der Waals surface area contributed by atoms with E-state index in [0.717, 1.165) is 5.56 Å². The molecule has 6 heteroatoms. The summed E-state index contributed by atoms with van der Waals surface area (Å²) in [7, 11) is 1.57. The Balaban J connectivity index is 1.95. The van der Waals surface area contributed by atoms with Crippen molar-refractivity contribution in [2.24, 2.45) is 0 Å². The summed E-state index contributed by atoms with van der Waals surface area (Å²) in [5.41, 5.74) is 0.961. The fraction of sp³-hybridized carbons (Fsp3) is 0.222. The zero-order valence-electron chi connectivity index (χ0n) is 13.5. The number of carboxylic acids is 1. The van der Waals surface area contributed by atoms with E-state index in [9.17, 15) is 9.59 Å². The Morgan fingerprint density at radius 3 is 2.62 bits per heavy atom. The van der Waals surface area contributed by atoms with Crippen molar-refractivity contribution in [1.82, 2.24) is 5.32 Å². The molecule has 1 amide bonds. The van der Waals surface area contributed by atoms with E-state index >= 15 is 0 Å². The molecule has 1 atom stereocenters. The second-order valence-electron chi connectivity index (χ2n) is 5.12. The van der Waals surface area contributed by atoms with E-state index < -0.39 is 12.1 Å². The van der Waals surface area contributed by atoms with Crippen LogP contribution in [0.1, 0.15) is 22.8 Å². The van der Waals surface area contributed by atoms with Crippen LogP contribution in [0.3, 0.4) is 0 Å². The van der Waals surface area contributed by atoms with Gasteiger partial charge in [0, 0.05) is 12.1 Å². The zero-order valence-corrected chi connectivity index (χ0v) is 13.5. The summed E-state index contributed by atoms with van der Waals surface area (Å²) in [6.07, 6.45) is -0.760. The van der Waals surface area contributed by atoms with E-state index in [2.05, 4.69) is 5.32 Å². The highest BCUT2D eigenvalue weighted by Crippen LogP contribution is 2.17. The van der Waals surface area contributed by atoms with Crippen molar-refractivity contribution in [1.29, 1.82) is 0 Å². The summed E-state index contributed by atoms with van der Waals surface area (Å²) in [5, 5.41) is 11.7. The molecule has 0 aliphatic carbocycles. The Labute approximate surface area is 140 Å². The van der Waals surface area contributed by atoms with Crippen LogP contribution in [0.5, 0.6) is 11.5 Å². The van der Waals surface area contributed by atoms with Crippen LogP contribution in [0.2, 0.25) is 0 Å². The van der Waals surface area contributed by atoms with Gasteiger partial charge in [0.25, 0.3) is 5.91 Å². The molecule has 0 fully saturated rings. The minimum Gasteiger partial charge on any atom is -0.496 e. The molecule has 0 bridgehead atoms. The standard InChI is InChI=1S/C18H19NO5/c1-12(24-15-8-5-7-13(10-15)18(21)22)17(20)19-11-14-6-3-4-9-16(14)23-2/h3-10,12H,11H2,1-2H3,(H,19,20)(H,21,22)/t12-/m0/s1. The predicted octanol–water partition coefficient (Wildman–Crippen LogP) is 2.48. The number of carbonyl (C=O) groups is 2. The van der Waals surface area contributed by atoms with Crippen LogP contribution in [0.15, 0.2) is 48.5 Å². The zero-order chi connectivity index (χ0) is 17.5. The molecule has 0 aliphatic heterocycles. The predicted molar refractivity (Wildman–Crippen MR) is 88.3 cm³/mol. The maximum Gasteiger partial charge on any atom is 0.335 e. The number of carboxylic acid groups (broad SMARTS) is 1. The molecule has 0 unspecified atom stereocenters. The van der Waals surface area contributed by atoms with Gasteiger partial charge in [0.15, 0.2) is 6.10 Å². The monoisotopic (exact) mass is 329 g/mol. The number of hydrogen-bond acceptors (Lipinski definition) is 4. The number of benzene rings is 2. The van der Waals surface area contributed by atoms with Gasteiger partial charge in [0.1, 0.15) is 11.5 Å². The van der Waals surface area contributed by atoms with Crippen LogP contribution in [0.25, 0.3) is 0 Å². The number of amides is 1. The highest BCUT2D eigenvalue weighted by Gasteiger charge is 2.15. The van der Waals surface area contributed by atoms with E-state index in [1.807, 2.05) is 24.3 Å². The van der Waals surface area contributed by atoms with Gasteiger partial charge >= 0.3 is 5.97 Å². The molecule has 2 N–H and O–H groups in total. The first-order valence-electron chi connectivity index (χ1n) is 7.41. The number of aromatic carboxylic acids is 1. The third-order valence-corrected chi connectivity index (χ3v) is 3.41. The number of hydrogen-bond donors (Lipinski definition) is 2. The lowest BCUT2D eigenvalue weighted by Gasteiger charge is -2.16. The number of methoxy groups -OCH3 is 1. The molecule has 0 saturated heterocycles. The van der Waals surface area contributed by atoms with Gasteiger partial charge in [-0.1, -0.05) is 24.3 Å². The van der Waals surface area contributed by atoms with Crippen molar-refractivity contribution in [2.45, 2.75) is 19.6 Å². The molecule has 2 aromatic carbocycles. The smallest absolute Gasteiger partial charge is 0.335 e. The normalized spacial score (nSPS) is 11.4. The molecule has 0 heterocycles. The van der Waals surface area contributed by atoms with Crippen molar-refractivity contribution in [3.05, 3.63) is 59.7 Å². The van der Waals surface area contributed by atoms with Gasteiger partial charge in [-0.15, -0.1) is 0 Å². The van der Waals surface area contributed by atoms with E-state index in [1.54, 1.807) is 26.2 Å². The molecule has 24 heavy (non-hydrogen) atoms. The Morgan fingerprint density at radius 2 is 1.92 bits per heavy atom. The maximum absolute atomic E-state index is 12.1. The highest BCUT2D eigenvalue weighted by molar-refractivity contribution is 5.88. The van der Waals surface area contributed by atoms with Crippen molar-refractivity contribution in [2.75, 3.05) is 7.11 Å². The van der Waals surface area contributed by atoms with Crippen LogP contribution in [0, 0.1) is 0 Å². The first-order chi connectivity index (χ1) is 11.5. The Kier molecular flexibility index (Phi) is 5.78. The van der Waals surface area contributed by atoms with Gasteiger partial charge < -0.3 is 19.9 Å². The quantitative estimate of drug-likeness (QED) is 0.815. The second kappa shape index (κ2) is 8.01. The Hall–Kier alpha value is -3.02. The van der Waals surface area contributed by atoms with Gasteiger partial charge in [0.05, 0.1) is 12.7 Å². The van der Waals surface area contributed by atoms with Gasteiger partial charge in [-0.3, -0.25) is 4.79 Å². The summed E-state index contributed by atoms with van der Waals surface area (Å²) in [4.78, 5) is 23.1. The maximum atomic E-state index is 12.1. The number of para-hydroxylation sites is 1. The minimum absolute atomic E-state index is 0.106. The lowest BCUT2D eigenvalue weighted by atomic mass is 10.2. The average molecular weight is 329 g/mol. The topological polar surface area (TPSA) is 84.9 Å². The number of rotatable bonds is 7. The number of nitrogens with one attached hydrogen (secondary N) is 1. The SMILES string of the molecule is COc1ccccc1CNC(=O)[C@H](C)Oc1cccc(C(=O)O)c1. The van der Waals surface area contributed by atoms with Crippen LogP contribution in [-0.4, -0.2) is 30.2 Å². The van der Waals surface area contributed by atoms with Crippen LogP contribution < -0.4 is 14.8 Å². The van der Waals surface area contributed by atoms with Crippen LogP contribution in [-0.2, 0) is 11.3 Å². The van der Waals surface area contributed by atoms with Gasteiger partial charge in [-0.25, -0.2) is 4.79 Å². The van der Waals surface area contributed by atoms with Crippen LogP contribution >= 0.6 is 0 Å². The summed E-state index contributed by atoms with van der Waals surface area (Å²) < 4.78 is 10.7. The summed E-state index contributed by atoms with van der Waals surface area (Å²) >= 11 is 0. The van der Waals surface area contributed by atoms with E-state index in [0.29, 0.717) is 18.0 Å². The summed E-state index contributed by atoms with van der Waals surface area (Å²) in [6, 6.07) is 13.4. The second-order valence-corrected chi connectivity index (χ2v) is 5.12. The fourth-order valence-electron chi connectivity index (χ4n) is 2.14. The molecular formula is C18H19NO5. The molecule has 2 rings (SSSR count). The lowest BCUT2D eigenvalue weighted by Crippen LogP contribution is -2.36. The first-order valence-corrected chi connectivity index (χ1v) is 7.41. The largest absolute Gasteiger partial charge is 0.496 e. The molecule has 0 aliphatic rings. The molecular weight excluding hydrogens is 310 g/mol. The van der Waals surface area contributed by atoms with Crippen LogP contribution in [0.4, 0.5) is 0 Å². The number of carbonyl (C=O) groups excluding carboxylic acids is 1. The van der Waals surface area contributed by atoms with Crippen molar-refractivity contribution < 1.29 is 24.2 Å². The van der Waals surface area contributed by atoms with Crippen molar-refractivity contribution in [3.63, 3.8) is 0 Å². The van der Waals surface area contributed by atoms with Gasteiger partial charge in [0.2, 0.25) is 0 Å². The third kappa shape index (κ3) is 4.49. The lowest BCUT2D eigenvalue weighted by molar-refractivity contribution is -0.127. The average Bonchev–Trinajstić information content (AvgIpc) is 2.60. The number of ether oxygens (including phenoxy) is 2. The molecule has 0 aromatic heterocycles. The van der Waals surface area contributed by atoms with Gasteiger partial charge in [-0.05, 0) is 31.2 Å². The van der Waals surface area contributed by atoms with Crippen molar-refractivity contribution in [3.8, 4) is 11.5 Å². The highest BCUT2D eigenvalue weighted by atomic mass is 16.5.